The van der Waals surface area contributed by atoms with E-state index >= 15 is 0 Å². The Morgan fingerprint density at radius 3 is 2.43 bits per heavy atom. The summed E-state index contributed by atoms with van der Waals surface area (Å²) in [5.74, 6) is -0.170. The van der Waals surface area contributed by atoms with Gasteiger partial charge in [-0.15, -0.1) is 0 Å². The summed E-state index contributed by atoms with van der Waals surface area (Å²) in [6.45, 7) is 8.26. The summed E-state index contributed by atoms with van der Waals surface area (Å²) in [4.78, 5) is 3.89. The second-order valence-corrected chi connectivity index (χ2v) is 4.25. The number of aryl methyl sites for hydroxylation is 1. The first-order valence-electron chi connectivity index (χ1n) is 5.15. The Morgan fingerprint density at radius 2 is 1.93 bits per heavy atom. The third kappa shape index (κ3) is 1.94. The lowest BCUT2D eigenvalue weighted by atomic mass is 9.79. The van der Waals surface area contributed by atoms with E-state index in [0.717, 1.165) is 24.0 Å². The molecule has 14 heavy (non-hydrogen) atoms. The predicted octanol–water partition coefficient (Wildman–Crippen LogP) is 3.47. The fourth-order valence-electron chi connectivity index (χ4n) is 1.68. The molecule has 0 radical (unpaired) electrons. The molecule has 0 atom stereocenters. The van der Waals surface area contributed by atoms with Crippen LogP contribution in [0.25, 0.3) is 0 Å². The largest absolute Gasteiger partial charge is 0.261 e. The van der Waals surface area contributed by atoms with Gasteiger partial charge in [0.15, 0.2) is 0 Å². The summed E-state index contributed by atoms with van der Waals surface area (Å²) >= 11 is 0. The molecule has 0 spiro atoms. The first-order valence-corrected chi connectivity index (χ1v) is 5.15. The van der Waals surface area contributed by atoms with Crippen molar-refractivity contribution in [3.63, 3.8) is 0 Å². The van der Waals surface area contributed by atoms with Crippen molar-refractivity contribution in [3.8, 4) is 0 Å². The number of hydrogen-bond acceptors (Lipinski definition) is 1. The molecule has 0 saturated carbocycles. The molecule has 0 fully saturated rings. The lowest BCUT2D eigenvalue weighted by Gasteiger charge is -2.26. The van der Waals surface area contributed by atoms with E-state index in [-0.39, 0.29) is 11.2 Å². The first-order chi connectivity index (χ1) is 6.53. The number of nitrogens with zero attached hydrogens (tertiary/aromatic N) is 1. The maximum absolute atomic E-state index is 13.7. The van der Waals surface area contributed by atoms with E-state index in [4.69, 9.17) is 0 Å². The van der Waals surface area contributed by atoms with Crippen LogP contribution in [-0.4, -0.2) is 4.98 Å². The maximum atomic E-state index is 13.7. The molecule has 0 aliphatic carbocycles. The Hall–Kier alpha value is -0.920. The molecule has 1 aromatic heterocycles. The van der Waals surface area contributed by atoms with E-state index in [1.54, 1.807) is 6.20 Å². The zero-order chi connectivity index (χ0) is 10.8. The van der Waals surface area contributed by atoms with E-state index < -0.39 is 0 Å². The average Bonchev–Trinajstić information content (AvgIpc) is 2.17. The van der Waals surface area contributed by atoms with Gasteiger partial charge in [-0.3, -0.25) is 4.98 Å². The van der Waals surface area contributed by atoms with Gasteiger partial charge in [0.1, 0.15) is 5.82 Å². The van der Waals surface area contributed by atoms with Crippen molar-refractivity contribution in [2.24, 2.45) is 0 Å². The van der Waals surface area contributed by atoms with Crippen molar-refractivity contribution in [1.82, 2.24) is 4.98 Å². The van der Waals surface area contributed by atoms with Crippen LogP contribution in [0.1, 0.15) is 45.2 Å². The fraction of sp³-hybridized carbons (Fsp3) is 0.583. The normalized spacial score (nSPS) is 11.8. The summed E-state index contributed by atoms with van der Waals surface area (Å²) in [5.41, 5.74) is 1.76. The average molecular weight is 195 g/mol. The summed E-state index contributed by atoms with van der Waals surface area (Å²) in [6.07, 6.45) is 4.85. The summed E-state index contributed by atoms with van der Waals surface area (Å²) in [6, 6.07) is 0. The molecule has 2 heteroatoms. The number of pyridine rings is 1. The molecule has 0 unspecified atom stereocenters. The van der Waals surface area contributed by atoms with E-state index in [9.17, 15) is 4.39 Å². The van der Waals surface area contributed by atoms with Crippen molar-refractivity contribution in [3.05, 3.63) is 29.3 Å². The van der Waals surface area contributed by atoms with Gasteiger partial charge >= 0.3 is 0 Å². The van der Waals surface area contributed by atoms with Gasteiger partial charge in [-0.05, 0) is 29.4 Å². The summed E-state index contributed by atoms with van der Waals surface area (Å²) < 4.78 is 13.7. The van der Waals surface area contributed by atoms with Crippen molar-refractivity contribution >= 4 is 0 Å². The molecular weight excluding hydrogens is 177 g/mol. The smallest absolute Gasteiger partial charge is 0.145 e. The topological polar surface area (TPSA) is 12.9 Å². The van der Waals surface area contributed by atoms with Gasteiger partial charge in [0.25, 0.3) is 0 Å². The van der Waals surface area contributed by atoms with Gasteiger partial charge in [0.2, 0.25) is 0 Å². The minimum absolute atomic E-state index is 0.0988. The van der Waals surface area contributed by atoms with Crippen LogP contribution in [0.15, 0.2) is 12.4 Å². The molecular formula is C12H18FN. The molecule has 1 heterocycles. The van der Waals surface area contributed by atoms with Crippen LogP contribution in [-0.2, 0) is 11.8 Å². The number of halogens is 1. The highest BCUT2D eigenvalue weighted by Gasteiger charge is 2.24. The molecule has 0 aliphatic rings. The zero-order valence-corrected chi connectivity index (χ0v) is 9.39. The van der Waals surface area contributed by atoms with Gasteiger partial charge < -0.3 is 0 Å². The van der Waals surface area contributed by atoms with E-state index in [1.165, 1.54) is 6.20 Å². The van der Waals surface area contributed by atoms with Crippen LogP contribution >= 0.6 is 0 Å². The Balaban J connectivity index is 3.30. The Kier molecular flexibility index (Phi) is 3.25. The Bertz CT molecular complexity index is 318. The van der Waals surface area contributed by atoms with Crippen LogP contribution in [0.2, 0.25) is 0 Å². The van der Waals surface area contributed by atoms with E-state index in [2.05, 4.69) is 25.8 Å². The van der Waals surface area contributed by atoms with E-state index in [1.807, 2.05) is 6.92 Å². The molecule has 0 N–H and O–H groups in total. The third-order valence-corrected chi connectivity index (χ3v) is 2.92. The van der Waals surface area contributed by atoms with Crippen molar-refractivity contribution in [2.75, 3.05) is 0 Å². The highest BCUT2D eigenvalue weighted by molar-refractivity contribution is 5.31. The molecule has 0 bridgehead atoms. The maximum Gasteiger partial charge on any atom is 0.145 e. The number of hydrogen-bond donors (Lipinski definition) is 0. The molecule has 0 aromatic carbocycles. The Morgan fingerprint density at radius 1 is 1.29 bits per heavy atom. The minimum atomic E-state index is -0.170. The van der Waals surface area contributed by atoms with Gasteiger partial charge in [0.05, 0.1) is 6.20 Å². The van der Waals surface area contributed by atoms with Crippen molar-refractivity contribution < 1.29 is 4.39 Å². The second kappa shape index (κ2) is 4.07. The van der Waals surface area contributed by atoms with Gasteiger partial charge in [-0.2, -0.15) is 0 Å². The molecule has 1 rings (SSSR count). The minimum Gasteiger partial charge on any atom is -0.261 e. The van der Waals surface area contributed by atoms with Crippen LogP contribution in [0, 0.1) is 5.82 Å². The van der Waals surface area contributed by atoms with Crippen LogP contribution in [0.3, 0.4) is 0 Å². The monoisotopic (exact) mass is 195 g/mol. The summed E-state index contributed by atoms with van der Waals surface area (Å²) in [7, 11) is 0. The fourth-order valence-corrected chi connectivity index (χ4v) is 1.68. The van der Waals surface area contributed by atoms with Gasteiger partial charge in [0, 0.05) is 6.20 Å². The lowest BCUT2D eigenvalue weighted by Crippen LogP contribution is -2.20. The molecule has 1 aromatic rings. The third-order valence-electron chi connectivity index (χ3n) is 2.92. The number of rotatable bonds is 3. The van der Waals surface area contributed by atoms with Crippen LogP contribution in [0.4, 0.5) is 4.39 Å². The molecule has 0 saturated heterocycles. The standard InChI is InChI=1S/C12H18FN/c1-5-9-7-14-8-10(13)11(9)12(3,4)6-2/h7-8H,5-6H2,1-4H3. The molecule has 0 amide bonds. The Labute approximate surface area is 85.4 Å². The van der Waals surface area contributed by atoms with Crippen molar-refractivity contribution in [1.29, 1.82) is 0 Å². The summed E-state index contributed by atoms with van der Waals surface area (Å²) in [5, 5.41) is 0. The van der Waals surface area contributed by atoms with Gasteiger partial charge in [-0.25, -0.2) is 4.39 Å². The first kappa shape index (κ1) is 11.2. The lowest BCUT2D eigenvalue weighted by molar-refractivity contribution is 0.462. The van der Waals surface area contributed by atoms with Crippen molar-refractivity contribution in [2.45, 2.75) is 46.0 Å². The molecule has 1 nitrogen and oxygen atoms in total. The highest BCUT2D eigenvalue weighted by atomic mass is 19.1. The van der Waals surface area contributed by atoms with Crippen LogP contribution < -0.4 is 0 Å². The second-order valence-electron chi connectivity index (χ2n) is 4.25. The quantitative estimate of drug-likeness (QED) is 0.719. The SMILES string of the molecule is CCc1cncc(F)c1C(C)(C)CC. The van der Waals surface area contributed by atoms with Crippen LogP contribution in [0.5, 0.6) is 0 Å². The predicted molar refractivity (Wildman–Crippen MR) is 56.9 cm³/mol. The zero-order valence-electron chi connectivity index (χ0n) is 9.39. The van der Waals surface area contributed by atoms with Gasteiger partial charge in [-0.1, -0.05) is 27.7 Å². The number of aromatic nitrogens is 1. The molecule has 78 valence electrons. The highest BCUT2D eigenvalue weighted by Crippen LogP contribution is 2.31. The molecule has 0 aliphatic heterocycles. The van der Waals surface area contributed by atoms with E-state index in [0.29, 0.717) is 0 Å².